The number of hydrogen-bond acceptors (Lipinski definition) is 2. The SMILES string of the molecule is CCOc1ccc2[nH]c(C)c(COC)c2c1. The van der Waals surface area contributed by atoms with Crippen LogP contribution in [0.4, 0.5) is 0 Å². The van der Waals surface area contributed by atoms with Crippen molar-refractivity contribution in [2.75, 3.05) is 13.7 Å². The van der Waals surface area contributed by atoms with Crippen LogP contribution in [0.5, 0.6) is 5.75 Å². The summed E-state index contributed by atoms with van der Waals surface area (Å²) in [5.41, 5.74) is 3.50. The van der Waals surface area contributed by atoms with E-state index in [1.165, 1.54) is 10.9 Å². The van der Waals surface area contributed by atoms with Gasteiger partial charge in [0.1, 0.15) is 5.75 Å². The number of aromatic amines is 1. The molecular formula is C13H17NO2. The maximum atomic E-state index is 5.50. The lowest BCUT2D eigenvalue weighted by atomic mass is 10.1. The van der Waals surface area contributed by atoms with Crippen molar-refractivity contribution >= 4 is 10.9 Å². The molecule has 16 heavy (non-hydrogen) atoms. The van der Waals surface area contributed by atoms with Gasteiger partial charge in [0, 0.05) is 29.3 Å². The van der Waals surface area contributed by atoms with Gasteiger partial charge in [0.15, 0.2) is 0 Å². The summed E-state index contributed by atoms with van der Waals surface area (Å²) < 4.78 is 10.7. The third-order valence-corrected chi connectivity index (χ3v) is 2.69. The Bertz CT molecular complexity index is 488. The first-order valence-electron chi connectivity index (χ1n) is 5.49. The van der Waals surface area contributed by atoms with E-state index in [4.69, 9.17) is 9.47 Å². The zero-order valence-corrected chi connectivity index (χ0v) is 9.96. The van der Waals surface area contributed by atoms with Crippen LogP contribution in [0, 0.1) is 6.92 Å². The summed E-state index contributed by atoms with van der Waals surface area (Å²) in [6.45, 7) is 5.37. The second-order valence-corrected chi connectivity index (χ2v) is 3.80. The molecule has 0 radical (unpaired) electrons. The predicted molar refractivity (Wildman–Crippen MR) is 64.9 cm³/mol. The molecule has 3 nitrogen and oxygen atoms in total. The fourth-order valence-electron chi connectivity index (χ4n) is 1.95. The zero-order valence-electron chi connectivity index (χ0n) is 9.96. The average Bonchev–Trinajstić information content (AvgIpc) is 2.57. The Morgan fingerprint density at radius 1 is 1.31 bits per heavy atom. The molecule has 1 aromatic carbocycles. The van der Waals surface area contributed by atoms with E-state index in [0.29, 0.717) is 13.2 Å². The molecule has 0 amide bonds. The molecule has 0 aliphatic carbocycles. The van der Waals surface area contributed by atoms with Gasteiger partial charge in [-0.2, -0.15) is 0 Å². The number of methoxy groups -OCH3 is 1. The molecule has 1 heterocycles. The number of H-pyrrole nitrogens is 1. The Kier molecular flexibility index (Phi) is 3.15. The second kappa shape index (κ2) is 4.58. The highest BCUT2D eigenvalue weighted by atomic mass is 16.5. The largest absolute Gasteiger partial charge is 0.494 e. The number of hydrogen-bond donors (Lipinski definition) is 1. The van der Waals surface area contributed by atoms with Crippen molar-refractivity contribution in [1.29, 1.82) is 0 Å². The minimum Gasteiger partial charge on any atom is -0.494 e. The van der Waals surface area contributed by atoms with Crippen LogP contribution in [0.15, 0.2) is 18.2 Å². The lowest BCUT2D eigenvalue weighted by Gasteiger charge is -2.03. The van der Waals surface area contributed by atoms with Crippen molar-refractivity contribution in [3.05, 3.63) is 29.5 Å². The zero-order chi connectivity index (χ0) is 11.5. The van der Waals surface area contributed by atoms with Crippen LogP contribution in [0.3, 0.4) is 0 Å². The lowest BCUT2D eigenvalue weighted by Crippen LogP contribution is -1.91. The van der Waals surface area contributed by atoms with Crippen LogP contribution in [-0.2, 0) is 11.3 Å². The molecule has 0 atom stereocenters. The molecule has 0 spiro atoms. The summed E-state index contributed by atoms with van der Waals surface area (Å²) in [4.78, 5) is 3.35. The van der Waals surface area contributed by atoms with Gasteiger partial charge in [0.25, 0.3) is 0 Å². The first kappa shape index (κ1) is 11.0. The van der Waals surface area contributed by atoms with Crippen LogP contribution in [0.25, 0.3) is 10.9 Å². The maximum Gasteiger partial charge on any atom is 0.120 e. The number of ether oxygens (including phenoxy) is 2. The minimum absolute atomic E-state index is 0.626. The number of fused-ring (bicyclic) bond motifs is 1. The minimum atomic E-state index is 0.626. The van der Waals surface area contributed by atoms with Crippen molar-refractivity contribution < 1.29 is 9.47 Å². The average molecular weight is 219 g/mol. The van der Waals surface area contributed by atoms with Crippen LogP contribution in [0.1, 0.15) is 18.2 Å². The van der Waals surface area contributed by atoms with Crippen molar-refractivity contribution in [2.45, 2.75) is 20.5 Å². The Labute approximate surface area is 95.4 Å². The maximum absolute atomic E-state index is 5.50. The molecular weight excluding hydrogens is 202 g/mol. The first-order chi connectivity index (χ1) is 7.76. The van der Waals surface area contributed by atoms with Crippen molar-refractivity contribution in [3.8, 4) is 5.75 Å². The fraction of sp³-hybridized carbons (Fsp3) is 0.385. The van der Waals surface area contributed by atoms with E-state index in [0.717, 1.165) is 17.0 Å². The number of aryl methyl sites for hydroxylation is 1. The van der Waals surface area contributed by atoms with Gasteiger partial charge in [0.2, 0.25) is 0 Å². The topological polar surface area (TPSA) is 34.2 Å². The quantitative estimate of drug-likeness (QED) is 0.857. The molecule has 2 aromatic rings. The van der Waals surface area contributed by atoms with Gasteiger partial charge in [-0.3, -0.25) is 0 Å². The third kappa shape index (κ3) is 1.91. The first-order valence-corrected chi connectivity index (χ1v) is 5.49. The van der Waals surface area contributed by atoms with E-state index < -0.39 is 0 Å². The van der Waals surface area contributed by atoms with Gasteiger partial charge in [-0.25, -0.2) is 0 Å². The highest BCUT2D eigenvalue weighted by Crippen LogP contribution is 2.26. The Morgan fingerprint density at radius 2 is 2.12 bits per heavy atom. The van der Waals surface area contributed by atoms with Crippen molar-refractivity contribution in [1.82, 2.24) is 4.98 Å². The Morgan fingerprint density at radius 3 is 2.81 bits per heavy atom. The van der Waals surface area contributed by atoms with Gasteiger partial charge in [0.05, 0.1) is 13.2 Å². The Balaban J connectivity index is 2.51. The standard InChI is InChI=1S/C13H17NO2/c1-4-16-10-5-6-13-11(7-10)12(8-15-3)9(2)14-13/h5-7,14H,4,8H2,1-3H3. The molecule has 0 aliphatic heterocycles. The number of aromatic nitrogens is 1. The molecule has 0 bridgehead atoms. The fourth-order valence-corrected chi connectivity index (χ4v) is 1.95. The van der Waals surface area contributed by atoms with Crippen LogP contribution < -0.4 is 4.74 Å². The summed E-state index contributed by atoms with van der Waals surface area (Å²) in [6, 6.07) is 6.10. The van der Waals surface area contributed by atoms with E-state index in [1.54, 1.807) is 7.11 Å². The van der Waals surface area contributed by atoms with E-state index in [-0.39, 0.29) is 0 Å². The summed E-state index contributed by atoms with van der Waals surface area (Å²) in [6.07, 6.45) is 0. The van der Waals surface area contributed by atoms with E-state index in [9.17, 15) is 0 Å². The molecule has 0 saturated heterocycles. The normalized spacial score (nSPS) is 10.9. The number of nitrogens with one attached hydrogen (secondary N) is 1. The molecule has 3 heteroatoms. The molecule has 0 saturated carbocycles. The van der Waals surface area contributed by atoms with E-state index in [1.807, 2.05) is 19.1 Å². The summed E-state index contributed by atoms with van der Waals surface area (Å²) in [5.74, 6) is 0.909. The summed E-state index contributed by atoms with van der Waals surface area (Å²) in [7, 11) is 1.71. The van der Waals surface area contributed by atoms with Gasteiger partial charge >= 0.3 is 0 Å². The molecule has 0 unspecified atom stereocenters. The molecule has 0 fully saturated rings. The van der Waals surface area contributed by atoms with Gasteiger partial charge in [-0.05, 0) is 32.0 Å². The summed E-state index contributed by atoms with van der Waals surface area (Å²) >= 11 is 0. The number of rotatable bonds is 4. The van der Waals surface area contributed by atoms with E-state index in [2.05, 4.69) is 18.0 Å². The highest BCUT2D eigenvalue weighted by molar-refractivity contribution is 5.85. The lowest BCUT2D eigenvalue weighted by molar-refractivity contribution is 0.185. The highest BCUT2D eigenvalue weighted by Gasteiger charge is 2.08. The van der Waals surface area contributed by atoms with Crippen LogP contribution in [-0.4, -0.2) is 18.7 Å². The molecule has 86 valence electrons. The predicted octanol–water partition coefficient (Wildman–Crippen LogP) is 3.02. The Hall–Kier alpha value is -1.48. The van der Waals surface area contributed by atoms with Crippen molar-refractivity contribution in [3.63, 3.8) is 0 Å². The van der Waals surface area contributed by atoms with Gasteiger partial charge in [-0.15, -0.1) is 0 Å². The monoisotopic (exact) mass is 219 g/mol. The van der Waals surface area contributed by atoms with E-state index >= 15 is 0 Å². The van der Waals surface area contributed by atoms with Gasteiger partial charge in [-0.1, -0.05) is 0 Å². The van der Waals surface area contributed by atoms with Crippen molar-refractivity contribution in [2.24, 2.45) is 0 Å². The van der Waals surface area contributed by atoms with Crippen LogP contribution >= 0.6 is 0 Å². The molecule has 1 aromatic heterocycles. The van der Waals surface area contributed by atoms with Gasteiger partial charge < -0.3 is 14.5 Å². The second-order valence-electron chi connectivity index (χ2n) is 3.80. The molecule has 2 rings (SSSR count). The third-order valence-electron chi connectivity index (χ3n) is 2.69. The van der Waals surface area contributed by atoms with Crippen LogP contribution in [0.2, 0.25) is 0 Å². The smallest absolute Gasteiger partial charge is 0.120 e. The number of benzene rings is 1. The molecule has 1 N–H and O–H groups in total. The molecule has 0 aliphatic rings. The summed E-state index contributed by atoms with van der Waals surface area (Å²) in [5, 5.41) is 1.19.